The van der Waals surface area contributed by atoms with E-state index in [1.54, 1.807) is 5.30 Å². The molecule has 2 rings (SSSR count). The molecule has 1 saturated heterocycles. The van der Waals surface area contributed by atoms with Crippen LogP contribution in [0.15, 0.2) is 30.3 Å². The Morgan fingerprint density at radius 2 is 1.29 bits per heavy atom. The fourth-order valence-corrected chi connectivity index (χ4v) is 12.4. The van der Waals surface area contributed by atoms with Crippen LogP contribution in [0.4, 0.5) is 0 Å². The second kappa shape index (κ2) is 4.39. The van der Waals surface area contributed by atoms with Gasteiger partial charge < -0.3 is 0 Å². The summed E-state index contributed by atoms with van der Waals surface area (Å²) in [7, 11) is 0. The van der Waals surface area contributed by atoms with E-state index in [1.807, 2.05) is 0 Å². The molecule has 0 spiro atoms. The molecule has 0 unspecified atom stereocenters. The number of hydrogen-bond donors (Lipinski definition) is 0. The van der Waals surface area contributed by atoms with Crippen molar-refractivity contribution in [2.24, 2.45) is 0 Å². The van der Waals surface area contributed by atoms with Gasteiger partial charge in [0.25, 0.3) is 0 Å². The van der Waals surface area contributed by atoms with Gasteiger partial charge in [-0.3, -0.25) is 0 Å². The first-order chi connectivity index (χ1) is 8.03. The van der Waals surface area contributed by atoms with Gasteiger partial charge >= 0.3 is 106 Å². The van der Waals surface area contributed by atoms with E-state index in [1.165, 1.54) is 25.2 Å². The first kappa shape index (κ1) is 13.1. The third-order valence-corrected chi connectivity index (χ3v) is 15.1. The second-order valence-corrected chi connectivity index (χ2v) is 13.2. The Bertz CT molecular complexity index is 360. The third-order valence-electron chi connectivity index (χ3n) is 5.62. The molecule has 1 aromatic carbocycles. The fourth-order valence-electron chi connectivity index (χ4n) is 4.38. The topological polar surface area (TPSA) is 0 Å². The summed E-state index contributed by atoms with van der Waals surface area (Å²) in [6.45, 7) is 8.23. The molecule has 17 heavy (non-hydrogen) atoms. The van der Waals surface area contributed by atoms with Crippen molar-refractivity contribution in [2.75, 3.05) is 12.3 Å². The molecule has 96 valence electrons. The van der Waals surface area contributed by atoms with Gasteiger partial charge in [0.05, 0.1) is 0 Å². The Morgan fingerprint density at radius 3 is 1.71 bits per heavy atom. The molecular weight excluding hydrogens is 223 g/mol. The van der Waals surface area contributed by atoms with Crippen LogP contribution in [0.3, 0.4) is 0 Å². The zero-order valence-corrected chi connectivity index (χ0v) is 12.7. The van der Waals surface area contributed by atoms with Gasteiger partial charge in [0.15, 0.2) is 0 Å². The van der Waals surface area contributed by atoms with Crippen LogP contribution in [0.1, 0.15) is 40.5 Å². The number of rotatable bonds is 3. The Kier molecular flexibility index (Phi) is 3.38. The van der Waals surface area contributed by atoms with Crippen LogP contribution >= 0.6 is 6.60 Å². The quantitative estimate of drug-likeness (QED) is 0.694. The van der Waals surface area contributed by atoms with Gasteiger partial charge in [0, 0.05) is 0 Å². The summed E-state index contributed by atoms with van der Waals surface area (Å²) < 4.78 is 0. The second-order valence-electron chi connectivity index (χ2n) is 6.35. The summed E-state index contributed by atoms with van der Waals surface area (Å²) in [6.07, 6.45) is 5.88. The van der Waals surface area contributed by atoms with E-state index in [0.29, 0.717) is 0 Å². The van der Waals surface area contributed by atoms with Crippen molar-refractivity contribution in [1.82, 2.24) is 0 Å². The van der Waals surface area contributed by atoms with Crippen molar-refractivity contribution in [3.63, 3.8) is 0 Å². The van der Waals surface area contributed by atoms with E-state index in [2.05, 4.69) is 58.0 Å². The maximum absolute atomic E-state index is 2.48. The first-order valence-corrected chi connectivity index (χ1v) is 9.84. The average molecular weight is 250 g/mol. The molecule has 0 aliphatic carbocycles. The van der Waals surface area contributed by atoms with Gasteiger partial charge in [-0.2, -0.15) is 0 Å². The van der Waals surface area contributed by atoms with Crippen molar-refractivity contribution < 1.29 is 0 Å². The molecule has 1 heterocycles. The van der Waals surface area contributed by atoms with Crippen molar-refractivity contribution in [3.05, 3.63) is 30.3 Å². The molecule has 0 amide bonds. The normalized spacial score (nSPS) is 24.7. The molecule has 0 atom stereocenters. The summed E-state index contributed by atoms with van der Waals surface area (Å²) >= 11 is 0. The summed E-state index contributed by atoms with van der Waals surface area (Å²) in [5, 5.41) is 1.71. The zero-order valence-electron chi connectivity index (χ0n) is 11.8. The van der Waals surface area contributed by atoms with E-state index < -0.39 is 6.60 Å². The number of benzene rings is 1. The standard InChI is InChI=1S/C16H27P/c1-14(2)17(15(3)4,12-8-9-13-17)16-10-6-5-7-11-16/h5-7,10-11,14-15H,8-9,12-13H2,1-4H3. The van der Waals surface area contributed by atoms with E-state index in [0.717, 1.165) is 11.3 Å². The Labute approximate surface area is 107 Å². The van der Waals surface area contributed by atoms with Gasteiger partial charge in [0.2, 0.25) is 0 Å². The summed E-state index contributed by atoms with van der Waals surface area (Å²) in [4.78, 5) is 0. The summed E-state index contributed by atoms with van der Waals surface area (Å²) in [5.41, 5.74) is 1.68. The van der Waals surface area contributed by atoms with Gasteiger partial charge in [-0.25, -0.2) is 0 Å². The molecule has 0 saturated carbocycles. The molecule has 0 radical (unpaired) electrons. The van der Waals surface area contributed by atoms with Crippen LogP contribution in [-0.2, 0) is 0 Å². The molecule has 0 bridgehead atoms. The molecule has 1 aliphatic rings. The average Bonchev–Trinajstić information content (AvgIpc) is 2.78. The molecule has 1 fully saturated rings. The van der Waals surface area contributed by atoms with E-state index in [9.17, 15) is 0 Å². The van der Waals surface area contributed by atoms with Gasteiger partial charge in [-0.05, 0) is 0 Å². The van der Waals surface area contributed by atoms with Crippen LogP contribution < -0.4 is 5.30 Å². The molecule has 1 aromatic rings. The van der Waals surface area contributed by atoms with Crippen molar-refractivity contribution >= 4 is 11.9 Å². The molecule has 1 heteroatoms. The minimum absolute atomic E-state index is 0.839. The maximum atomic E-state index is 2.48. The van der Waals surface area contributed by atoms with Crippen LogP contribution in [0, 0.1) is 0 Å². The first-order valence-electron chi connectivity index (χ1n) is 7.09. The minimum atomic E-state index is -1.70. The number of hydrogen-bond acceptors (Lipinski definition) is 0. The van der Waals surface area contributed by atoms with E-state index in [4.69, 9.17) is 0 Å². The molecule has 0 nitrogen and oxygen atoms in total. The fraction of sp³-hybridized carbons (Fsp3) is 0.625. The van der Waals surface area contributed by atoms with Crippen LogP contribution in [0.5, 0.6) is 0 Å². The van der Waals surface area contributed by atoms with Crippen molar-refractivity contribution in [3.8, 4) is 0 Å². The molecular formula is C16H27P. The summed E-state index contributed by atoms with van der Waals surface area (Å²) in [6, 6.07) is 11.5. The zero-order chi connectivity index (χ0) is 12.5. The van der Waals surface area contributed by atoms with Crippen molar-refractivity contribution in [1.29, 1.82) is 0 Å². The molecule has 0 aromatic heterocycles. The predicted octanol–water partition coefficient (Wildman–Crippen LogP) is 4.48. The van der Waals surface area contributed by atoms with Crippen LogP contribution in [0.2, 0.25) is 0 Å². The predicted molar refractivity (Wildman–Crippen MR) is 82.2 cm³/mol. The van der Waals surface area contributed by atoms with Crippen LogP contribution in [0.25, 0.3) is 0 Å². The van der Waals surface area contributed by atoms with Gasteiger partial charge in [0.1, 0.15) is 0 Å². The van der Waals surface area contributed by atoms with Gasteiger partial charge in [-0.15, -0.1) is 0 Å². The van der Waals surface area contributed by atoms with E-state index >= 15 is 0 Å². The molecule has 1 aliphatic heterocycles. The monoisotopic (exact) mass is 250 g/mol. The Morgan fingerprint density at radius 1 is 0.824 bits per heavy atom. The van der Waals surface area contributed by atoms with Crippen LogP contribution in [-0.4, -0.2) is 23.6 Å². The Balaban J connectivity index is 2.66. The van der Waals surface area contributed by atoms with Crippen molar-refractivity contribution in [2.45, 2.75) is 51.9 Å². The van der Waals surface area contributed by atoms with Gasteiger partial charge in [-0.1, -0.05) is 0 Å². The summed E-state index contributed by atoms with van der Waals surface area (Å²) in [5.74, 6) is 0. The van der Waals surface area contributed by atoms with E-state index in [-0.39, 0.29) is 0 Å². The molecule has 0 N–H and O–H groups in total. The third kappa shape index (κ3) is 1.60. The Hall–Kier alpha value is -0.350. The SMILES string of the molecule is CC(C)P1(c2ccccc2)(C(C)C)CCCC1.